The van der Waals surface area contributed by atoms with Gasteiger partial charge in [-0.05, 0) is 75.1 Å². The van der Waals surface area contributed by atoms with Crippen LogP contribution in [0.2, 0.25) is 5.02 Å². The van der Waals surface area contributed by atoms with E-state index in [2.05, 4.69) is 5.32 Å². The molecule has 0 spiro atoms. The first kappa shape index (κ1) is 31.4. The molecular formula is C28H40ClN3O5S. The predicted octanol–water partition coefficient (Wildman–Crippen LogP) is 5.01. The molecule has 2 amide bonds. The Bertz CT molecular complexity index is 1140. The lowest BCUT2D eigenvalue weighted by Crippen LogP contribution is -2.50. The highest BCUT2D eigenvalue weighted by Gasteiger charge is 2.29. The highest BCUT2D eigenvalue weighted by Crippen LogP contribution is 2.23. The summed E-state index contributed by atoms with van der Waals surface area (Å²) in [7, 11) is -3.57. The van der Waals surface area contributed by atoms with Gasteiger partial charge in [0.15, 0.2) is 0 Å². The van der Waals surface area contributed by atoms with E-state index >= 15 is 0 Å². The van der Waals surface area contributed by atoms with E-state index in [1.54, 1.807) is 41.3 Å². The molecule has 2 aromatic carbocycles. The van der Waals surface area contributed by atoms with Gasteiger partial charge in [-0.25, -0.2) is 8.42 Å². The maximum Gasteiger partial charge on any atom is 0.243 e. The van der Waals surface area contributed by atoms with Gasteiger partial charge in [-0.15, -0.1) is 0 Å². The largest absolute Gasteiger partial charge is 0.494 e. The first-order chi connectivity index (χ1) is 18.0. The number of carbonyl (C=O) groups excluding carboxylic acids is 2. The third-order valence-corrected chi connectivity index (χ3v) is 7.69. The lowest BCUT2D eigenvalue weighted by Gasteiger charge is -2.32. The summed E-state index contributed by atoms with van der Waals surface area (Å²) in [6, 6.07) is 13.3. The average molecular weight is 566 g/mol. The van der Waals surface area contributed by atoms with Gasteiger partial charge in [0.05, 0.1) is 18.6 Å². The summed E-state index contributed by atoms with van der Waals surface area (Å²) < 4.78 is 31.8. The number of benzene rings is 2. The van der Waals surface area contributed by atoms with E-state index < -0.39 is 16.1 Å². The Morgan fingerprint density at radius 2 is 1.63 bits per heavy atom. The van der Waals surface area contributed by atoms with Gasteiger partial charge in [-0.1, -0.05) is 37.6 Å². The van der Waals surface area contributed by atoms with E-state index in [9.17, 15) is 18.0 Å². The monoisotopic (exact) mass is 565 g/mol. The number of nitrogens with one attached hydrogen (secondary N) is 1. The fourth-order valence-electron chi connectivity index (χ4n) is 4.03. The molecule has 0 radical (unpaired) electrons. The zero-order valence-corrected chi connectivity index (χ0v) is 24.5. The Balaban J connectivity index is 2.20. The number of ether oxygens (including phenoxy) is 1. The van der Waals surface area contributed by atoms with Crippen LogP contribution in [0.4, 0.5) is 5.69 Å². The summed E-state index contributed by atoms with van der Waals surface area (Å²) in [6.07, 6.45) is 2.75. The lowest BCUT2D eigenvalue weighted by atomic mass is 10.1. The molecule has 0 heterocycles. The standard InChI is InChI=1S/C28H40ClN3O5S/c1-6-21(4)30-28(34)26(7-2)31(20-22-11-13-23(29)14-12-22)27(33)10-9-19-32(38(5,35)36)24-15-17-25(18-16-24)37-8-3/h11-18,21,26H,6-10,19-20H2,1-5H3,(H,30,34). The van der Waals surface area contributed by atoms with Crippen molar-refractivity contribution in [2.24, 2.45) is 0 Å². The van der Waals surface area contributed by atoms with Crippen molar-refractivity contribution in [2.45, 2.75) is 72.0 Å². The molecule has 8 nitrogen and oxygen atoms in total. The summed E-state index contributed by atoms with van der Waals surface area (Å²) in [5.74, 6) is 0.238. The number of halogens is 1. The van der Waals surface area contributed by atoms with Gasteiger partial charge in [-0.3, -0.25) is 13.9 Å². The van der Waals surface area contributed by atoms with Crippen LogP contribution in [0.3, 0.4) is 0 Å². The van der Waals surface area contributed by atoms with Gasteiger partial charge >= 0.3 is 0 Å². The zero-order valence-electron chi connectivity index (χ0n) is 22.9. The van der Waals surface area contributed by atoms with Gasteiger partial charge in [0.1, 0.15) is 11.8 Å². The van der Waals surface area contributed by atoms with Crippen molar-refractivity contribution in [3.05, 3.63) is 59.1 Å². The molecule has 0 fully saturated rings. The fraction of sp³-hybridized carbons (Fsp3) is 0.500. The van der Waals surface area contributed by atoms with Gasteiger partial charge in [0.2, 0.25) is 21.8 Å². The number of amides is 2. The maximum absolute atomic E-state index is 13.5. The van der Waals surface area contributed by atoms with Crippen LogP contribution in [0.25, 0.3) is 0 Å². The van der Waals surface area contributed by atoms with E-state index in [4.69, 9.17) is 16.3 Å². The Morgan fingerprint density at radius 1 is 1.00 bits per heavy atom. The van der Waals surface area contributed by atoms with Crippen LogP contribution in [0.5, 0.6) is 5.75 Å². The molecule has 2 atom stereocenters. The molecule has 2 rings (SSSR count). The first-order valence-corrected chi connectivity index (χ1v) is 15.3. The number of anilines is 1. The zero-order chi connectivity index (χ0) is 28.3. The van der Waals surface area contributed by atoms with Crippen LogP contribution in [0.1, 0.15) is 58.9 Å². The summed E-state index contributed by atoms with van der Waals surface area (Å²) in [5, 5.41) is 3.57. The molecule has 10 heteroatoms. The normalized spacial score (nSPS) is 12.9. The molecule has 0 saturated carbocycles. The Hall–Kier alpha value is -2.78. The summed E-state index contributed by atoms with van der Waals surface area (Å²) in [4.78, 5) is 28.2. The fourth-order valence-corrected chi connectivity index (χ4v) is 5.12. The van der Waals surface area contributed by atoms with Crippen molar-refractivity contribution >= 4 is 39.1 Å². The molecule has 210 valence electrons. The lowest BCUT2D eigenvalue weighted by molar-refractivity contribution is -0.141. The Kier molecular flexibility index (Phi) is 12.4. The highest BCUT2D eigenvalue weighted by molar-refractivity contribution is 7.92. The minimum atomic E-state index is -3.57. The van der Waals surface area contributed by atoms with Crippen LogP contribution in [0, 0.1) is 0 Å². The Morgan fingerprint density at radius 3 is 2.16 bits per heavy atom. The molecule has 0 aliphatic heterocycles. The van der Waals surface area contributed by atoms with Gasteiger partial charge in [0.25, 0.3) is 0 Å². The predicted molar refractivity (Wildman–Crippen MR) is 153 cm³/mol. The van der Waals surface area contributed by atoms with Crippen molar-refractivity contribution in [3.8, 4) is 5.75 Å². The van der Waals surface area contributed by atoms with E-state index in [1.165, 1.54) is 4.31 Å². The second-order valence-corrected chi connectivity index (χ2v) is 11.6. The smallest absolute Gasteiger partial charge is 0.243 e. The number of sulfonamides is 1. The number of hydrogen-bond acceptors (Lipinski definition) is 5. The van der Waals surface area contributed by atoms with E-state index in [1.807, 2.05) is 39.8 Å². The van der Waals surface area contributed by atoms with Crippen LogP contribution in [-0.2, 0) is 26.2 Å². The number of nitrogens with zero attached hydrogens (tertiary/aromatic N) is 2. The SMILES string of the molecule is CCOc1ccc(N(CCCC(=O)N(Cc2ccc(Cl)cc2)C(CC)C(=O)NC(C)CC)S(C)(=O)=O)cc1. The minimum Gasteiger partial charge on any atom is -0.494 e. The molecule has 0 aromatic heterocycles. The van der Waals surface area contributed by atoms with Crippen molar-refractivity contribution < 1.29 is 22.7 Å². The second-order valence-electron chi connectivity index (χ2n) is 9.26. The molecule has 1 N–H and O–H groups in total. The molecular weight excluding hydrogens is 526 g/mol. The van der Waals surface area contributed by atoms with Gasteiger partial charge < -0.3 is 15.0 Å². The second kappa shape index (κ2) is 15.0. The van der Waals surface area contributed by atoms with Crippen molar-refractivity contribution in [2.75, 3.05) is 23.7 Å². The van der Waals surface area contributed by atoms with Gasteiger partial charge in [0, 0.05) is 30.6 Å². The average Bonchev–Trinajstić information content (AvgIpc) is 2.87. The molecule has 2 aromatic rings. The van der Waals surface area contributed by atoms with Crippen molar-refractivity contribution in [1.29, 1.82) is 0 Å². The van der Waals surface area contributed by atoms with Crippen LogP contribution >= 0.6 is 11.6 Å². The summed E-state index contributed by atoms with van der Waals surface area (Å²) in [6.45, 7) is 8.55. The third-order valence-electron chi connectivity index (χ3n) is 6.24. The number of rotatable bonds is 15. The number of hydrogen-bond donors (Lipinski definition) is 1. The van der Waals surface area contributed by atoms with Crippen molar-refractivity contribution in [3.63, 3.8) is 0 Å². The van der Waals surface area contributed by atoms with E-state index in [0.29, 0.717) is 35.9 Å². The minimum absolute atomic E-state index is 0.0125. The highest BCUT2D eigenvalue weighted by atomic mass is 35.5. The van der Waals surface area contributed by atoms with Gasteiger partial charge in [-0.2, -0.15) is 0 Å². The number of carbonyl (C=O) groups is 2. The molecule has 38 heavy (non-hydrogen) atoms. The van der Waals surface area contributed by atoms with Crippen molar-refractivity contribution in [1.82, 2.24) is 10.2 Å². The molecule has 2 unspecified atom stereocenters. The summed E-state index contributed by atoms with van der Waals surface area (Å²) >= 11 is 6.03. The van der Waals surface area contributed by atoms with Crippen LogP contribution in [0.15, 0.2) is 48.5 Å². The van der Waals surface area contributed by atoms with Crippen LogP contribution < -0.4 is 14.4 Å². The topological polar surface area (TPSA) is 96.0 Å². The molecule has 0 aliphatic rings. The quantitative estimate of drug-likeness (QED) is 0.327. The molecule has 0 bridgehead atoms. The van der Waals surface area contributed by atoms with E-state index in [-0.39, 0.29) is 37.4 Å². The molecule has 0 aliphatic carbocycles. The molecule has 0 saturated heterocycles. The summed E-state index contributed by atoms with van der Waals surface area (Å²) in [5.41, 5.74) is 1.35. The Labute approximate surface area is 232 Å². The van der Waals surface area contributed by atoms with Crippen LogP contribution in [-0.4, -0.2) is 56.6 Å². The maximum atomic E-state index is 13.5. The third kappa shape index (κ3) is 9.51. The first-order valence-electron chi connectivity index (χ1n) is 13.0. The van der Waals surface area contributed by atoms with E-state index in [0.717, 1.165) is 18.2 Å².